The number of rotatable bonds is 2. The van der Waals surface area contributed by atoms with Crippen LogP contribution in [-0.2, 0) is 5.41 Å². The van der Waals surface area contributed by atoms with Crippen molar-refractivity contribution in [3.05, 3.63) is 71.8 Å². The van der Waals surface area contributed by atoms with Gasteiger partial charge >= 0.3 is 0 Å². The van der Waals surface area contributed by atoms with Crippen LogP contribution in [0.5, 0.6) is 0 Å². The minimum absolute atomic E-state index is 0.227. The Balaban J connectivity index is 2.03. The predicted molar refractivity (Wildman–Crippen MR) is 89.2 cm³/mol. The summed E-state index contributed by atoms with van der Waals surface area (Å²) in [6.07, 6.45) is 1.27. The van der Waals surface area contributed by atoms with Crippen LogP contribution in [-0.4, -0.2) is 5.75 Å². The van der Waals surface area contributed by atoms with Crippen molar-refractivity contribution in [2.24, 2.45) is 5.92 Å². The number of thioether (sulfide) groups is 1. The minimum atomic E-state index is 0.227. The zero-order valence-corrected chi connectivity index (χ0v) is 13.1. The fraction of sp³-hybridized carbons (Fsp3) is 0.368. The molecule has 0 nitrogen and oxygen atoms in total. The molecule has 1 aliphatic rings. The second-order valence-corrected chi connectivity index (χ2v) is 7.35. The Bertz CT molecular complexity index is 548. The highest BCUT2D eigenvalue weighted by atomic mass is 32.2. The molecule has 0 saturated carbocycles. The lowest BCUT2D eigenvalue weighted by molar-refractivity contribution is 0.347. The molecule has 1 heteroatoms. The van der Waals surface area contributed by atoms with Crippen molar-refractivity contribution in [3.63, 3.8) is 0 Å². The maximum absolute atomic E-state index is 2.45. The normalized spacial score (nSPS) is 30.1. The van der Waals surface area contributed by atoms with Gasteiger partial charge in [-0.2, -0.15) is 11.8 Å². The van der Waals surface area contributed by atoms with E-state index in [2.05, 4.69) is 86.3 Å². The van der Waals surface area contributed by atoms with Crippen LogP contribution in [0.4, 0.5) is 0 Å². The molecule has 3 unspecified atom stereocenters. The lowest BCUT2D eigenvalue weighted by Gasteiger charge is -2.44. The summed E-state index contributed by atoms with van der Waals surface area (Å²) in [5.41, 5.74) is 3.17. The van der Waals surface area contributed by atoms with E-state index in [-0.39, 0.29) is 5.41 Å². The molecule has 0 spiro atoms. The highest BCUT2D eigenvalue weighted by molar-refractivity contribution is 7.99. The summed E-state index contributed by atoms with van der Waals surface area (Å²) >= 11 is 2.13. The average Bonchev–Trinajstić information content (AvgIpc) is 2.49. The Labute approximate surface area is 126 Å². The third-order valence-electron chi connectivity index (χ3n) is 4.43. The van der Waals surface area contributed by atoms with Gasteiger partial charge < -0.3 is 0 Å². The van der Waals surface area contributed by atoms with Gasteiger partial charge in [0.15, 0.2) is 0 Å². The van der Waals surface area contributed by atoms with E-state index in [4.69, 9.17) is 0 Å². The standard InChI is InChI=1S/C19H22S/c1-15-13-19(2,17-11-7-4-8-12-17)18(20-14-15)16-9-5-3-6-10-16/h3-12,15,18H,13-14H2,1-2H3. The van der Waals surface area contributed by atoms with Gasteiger partial charge in [0.25, 0.3) is 0 Å². The van der Waals surface area contributed by atoms with E-state index in [1.54, 1.807) is 0 Å². The molecule has 1 saturated heterocycles. The number of hydrogen-bond acceptors (Lipinski definition) is 1. The molecule has 2 aromatic carbocycles. The topological polar surface area (TPSA) is 0 Å². The fourth-order valence-corrected chi connectivity index (χ4v) is 5.10. The van der Waals surface area contributed by atoms with Crippen LogP contribution in [0.3, 0.4) is 0 Å². The van der Waals surface area contributed by atoms with Gasteiger partial charge in [0, 0.05) is 10.7 Å². The number of benzene rings is 2. The molecule has 104 valence electrons. The van der Waals surface area contributed by atoms with Crippen LogP contribution in [0.2, 0.25) is 0 Å². The molecule has 0 aliphatic carbocycles. The van der Waals surface area contributed by atoms with Crippen molar-refractivity contribution in [2.75, 3.05) is 5.75 Å². The van der Waals surface area contributed by atoms with Gasteiger partial charge in [0.1, 0.15) is 0 Å². The molecule has 20 heavy (non-hydrogen) atoms. The Morgan fingerprint density at radius 2 is 1.55 bits per heavy atom. The van der Waals surface area contributed by atoms with Crippen LogP contribution in [0.1, 0.15) is 36.6 Å². The molecule has 0 bridgehead atoms. The van der Waals surface area contributed by atoms with Gasteiger partial charge in [0.05, 0.1) is 0 Å². The summed E-state index contributed by atoms with van der Waals surface area (Å²) < 4.78 is 0. The van der Waals surface area contributed by atoms with Gasteiger partial charge in [-0.25, -0.2) is 0 Å². The molecule has 3 rings (SSSR count). The molecule has 0 N–H and O–H groups in total. The quantitative estimate of drug-likeness (QED) is 0.705. The van der Waals surface area contributed by atoms with E-state index in [1.165, 1.54) is 23.3 Å². The van der Waals surface area contributed by atoms with Crippen molar-refractivity contribution >= 4 is 11.8 Å². The molecule has 0 amide bonds. The molecule has 0 radical (unpaired) electrons. The lowest BCUT2D eigenvalue weighted by atomic mass is 9.71. The predicted octanol–water partition coefficient (Wildman–Crippen LogP) is 5.46. The van der Waals surface area contributed by atoms with Crippen LogP contribution in [0.15, 0.2) is 60.7 Å². The molecule has 3 atom stereocenters. The summed E-state index contributed by atoms with van der Waals surface area (Å²) in [5, 5.41) is 0.558. The van der Waals surface area contributed by atoms with E-state index >= 15 is 0 Å². The summed E-state index contributed by atoms with van der Waals surface area (Å²) in [6.45, 7) is 4.83. The summed E-state index contributed by atoms with van der Waals surface area (Å²) in [6, 6.07) is 22.1. The fourth-order valence-electron chi connectivity index (χ4n) is 3.51. The second kappa shape index (κ2) is 5.65. The Morgan fingerprint density at radius 3 is 2.20 bits per heavy atom. The summed E-state index contributed by atoms with van der Waals surface area (Å²) in [5.74, 6) is 2.05. The van der Waals surface area contributed by atoms with Crippen molar-refractivity contribution in [1.82, 2.24) is 0 Å². The van der Waals surface area contributed by atoms with Gasteiger partial charge in [-0.1, -0.05) is 74.5 Å². The second-order valence-electron chi connectivity index (χ2n) is 6.22. The Kier molecular flexibility index (Phi) is 3.89. The summed E-state index contributed by atoms with van der Waals surface area (Å²) in [4.78, 5) is 0. The van der Waals surface area contributed by atoms with Crippen LogP contribution in [0.25, 0.3) is 0 Å². The van der Waals surface area contributed by atoms with Crippen LogP contribution in [0, 0.1) is 5.92 Å². The first-order valence-electron chi connectivity index (χ1n) is 7.42. The molecular weight excluding hydrogens is 260 g/mol. The molecule has 1 heterocycles. The van der Waals surface area contributed by atoms with Crippen molar-refractivity contribution < 1.29 is 0 Å². The smallest absolute Gasteiger partial charge is 0.0391 e. The van der Waals surface area contributed by atoms with E-state index in [9.17, 15) is 0 Å². The van der Waals surface area contributed by atoms with Crippen molar-refractivity contribution in [2.45, 2.75) is 30.9 Å². The molecule has 1 fully saturated rings. The Morgan fingerprint density at radius 1 is 0.950 bits per heavy atom. The molecule has 2 aromatic rings. The lowest BCUT2D eigenvalue weighted by Crippen LogP contribution is -2.35. The van der Waals surface area contributed by atoms with E-state index < -0.39 is 0 Å². The summed E-state index contributed by atoms with van der Waals surface area (Å²) in [7, 11) is 0. The van der Waals surface area contributed by atoms with Crippen molar-refractivity contribution in [1.29, 1.82) is 0 Å². The van der Waals surface area contributed by atoms with Crippen LogP contribution < -0.4 is 0 Å². The molecule has 1 aliphatic heterocycles. The Hall–Kier alpha value is -1.21. The molecular formula is C19H22S. The molecule has 0 aromatic heterocycles. The SMILES string of the molecule is CC1CSC(c2ccccc2)C(C)(c2ccccc2)C1. The first-order valence-corrected chi connectivity index (χ1v) is 8.47. The van der Waals surface area contributed by atoms with E-state index in [0.717, 1.165) is 5.92 Å². The van der Waals surface area contributed by atoms with Crippen molar-refractivity contribution in [3.8, 4) is 0 Å². The maximum atomic E-state index is 2.45. The highest BCUT2D eigenvalue weighted by Crippen LogP contribution is 2.53. The zero-order chi connectivity index (χ0) is 14.0. The number of hydrogen-bond donors (Lipinski definition) is 0. The van der Waals surface area contributed by atoms with E-state index in [0.29, 0.717) is 5.25 Å². The first-order chi connectivity index (χ1) is 9.70. The highest BCUT2D eigenvalue weighted by Gasteiger charge is 2.41. The average molecular weight is 282 g/mol. The third kappa shape index (κ3) is 2.52. The van der Waals surface area contributed by atoms with Gasteiger partial charge in [-0.15, -0.1) is 0 Å². The van der Waals surface area contributed by atoms with Crippen LogP contribution >= 0.6 is 11.8 Å². The van der Waals surface area contributed by atoms with E-state index in [1.807, 2.05) is 0 Å². The first kappa shape index (κ1) is 13.8. The zero-order valence-electron chi connectivity index (χ0n) is 12.3. The van der Waals surface area contributed by atoms with Gasteiger partial charge in [-0.3, -0.25) is 0 Å². The van der Waals surface area contributed by atoms with Gasteiger partial charge in [0.2, 0.25) is 0 Å². The largest absolute Gasteiger partial charge is 0.153 e. The third-order valence-corrected chi connectivity index (χ3v) is 6.32. The van der Waals surface area contributed by atoms with Gasteiger partial charge in [-0.05, 0) is 29.2 Å². The monoisotopic (exact) mass is 282 g/mol. The minimum Gasteiger partial charge on any atom is -0.153 e. The maximum Gasteiger partial charge on any atom is 0.0391 e.